The van der Waals surface area contributed by atoms with Crippen molar-refractivity contribution in [2.75, 3.05) is 33.2 Å². The molecule has 2 heterocycles. The summed E-state index contributed by atoms with van der Waals surface area (Å²) in [7, 11) is 0. The molecule has 0 aromatic heterocycles. The molecule has 6 heteroatoms. The fourth-order valence-corrected chi connectivity index (χ4v) is 3.92. The maximum atomic E-state index is 13.3. The van der Waals surface area contributed by atoms with Gasteiger partial charge in [-0.25, -0.2) is 4.39 Å². The Kier molecular flexibility index (Phi) is 5.43. The predicted octanol–water partition coefficient (Wildman–Crippen LogP) is 3.84. The number of halogens is 2. The first kappa shape index (κ1) is 18.0. The van der Waals surface area contributed by atoms with Gasteiger partial charge in [0.15, 0.2) is 11.5 Å². The average Bonchev–Trinajstić information content (AvgIpc) is 3.18. The second-order valence-corrected chi connectivity index (χ2v) is 6.94. The summed E-state index contributed by atoms with van der Waals surface area (Å²) in [5.41, 5.74) is 1.84. The summed E-state index contributed by atoms with van der Waals surface area (Å²) in [6, 6.07) is 10.3. The van der Waals surface area contributed by atoms with E-state index in [-0.39, 0.29) is 24.9 Å². The van der Waals surface area contributed by atoms with E-state index in [1.807, 2.05) is 18.2 Å². The van der Waals surface area contributed by atoms with Gasteiger partial charge in [-0.2, -0.15) is 0 Å². The van der Waals surface area contributed by atoms with Gasteiger partial charge in [0.1, 0.15) is 11.6 Å². The molecule has 2 aliphatic heterocycles. The van der Waals surface area contributed by atoms with E-state index in [9.17, 15) is 8.78 Å². The van der Waals surface area contributed by atoms with E-state index < -0.39 is 6.67 Å². The van der Waals surface area contributed by atoms with Crippen LogP contribution in [0.3, 0.4) is 0 Å². The van der Waals surface area contributed by atoms with Crippen LogP contribution >= 0.6 is 0 Å². The summed E-state index contributed by atoms with van der Waals surface area (Å²) in [6.45, 7) is 1.91. The molecule has 1 fully saturated rings. The second-order valence-electron chi connectivity index (χ2n) is 6.94. The lowest BCUT2D eigenvalue weighted by Crippen LogP contribution is -2.38. The molecule has 4 rings (SSSR count). The molecule has 0 saturated carbocycles. The Morgan fingerprint density at radius 1 is 1.11 bits per heavy atom. The van der Waals surface area contributed by atoms with Crippen LogP contribution in [-0.4, -0.2) is 33.2 Å². The van der Waals surface area contributed by atoms with Gasteiger partial charge in [0.05, 0.1) is 13.3 Å². The van der Waals surface area contributed by atoms with Gasteiger partial charge in [-0.1, -0.05) is 12.1 Å². The summed E-state index contributed by atoms with van der Waals surface area (Å²) < 4.78 is 43.3. The van der Waals surface area contributed by atoms with Gasteiger partial charge >= 0.3 is 0 Å². The molecule has 0 radical (unpaired) electrons. The highest BCUT2D eigenvalue weighted by molar-refractivity contribution is 5.55. The first-order valence-corrected chi connectivity index (χ1v) is 9.32. The highest BCUT2D eigenvalue weighted by Crippen LogP contribution is 2.41. The zero-order valence-electron chi connectivity index (χ0n) is 15.0. The van der Waals surface area contributed by atoms with E-state index in [0.29, 0.717) is 29.8 Å². The van der Waals surface area contributed by atoms with E-state index in [0.717, 1.165) is 30.6 Å². The number of ether oxygens (including phenoxy) is 3. The molecule has 27 heavy (non-hydrogen) atoms. The van der Waals surface area contributed by atoms with Crippen molar-refractivity contribution >= 4 is 0 Å². The Balaban J connectivity index is 1.51. The van der Waals surface area contributed by atoms with Crippen LogP contribution in [0.5, 0.6) is 17.2 Å². The number of alkyl halides is 1. The molecule has 4 nitrogen and oxygen atoms in total. The Labute approximate surface area is 157 Å². The third kappa shape index (κ3) is 3.86. The average molecular weight is 375 g/mol. The minimum Gasteiger partial charge on any atom is -0.493 e. The van der Waals surface area contributed by atoms with E-state index in [4.69, 9.17) is 14.2 Å². The maximum Gasteiger partial charge on any atom is 0.231 e. The summed E-state index contributed by atoms with van der Waals surface area (Å²) in [5, 5.41) is 3.40. The standard InChI is InChI=1S/C21H23F2NO3/c22-9-7-18-19(5-6-20-21(18)27-13-26-20)25-12-15-11-24-10-8-17(15)14-1-3-16(23)4-2-14/h1-6,15,17,24H,7-13H2/t15-,17-/m0/s1. The van der Waals surface area contributed by atoms with Gasteiger partial charge in [0.2, 0.25) is 6.79 Å². The van der Waals surface area contributed by atoms with Crippen molar-refractivity contribution in [3.8, 4) is 17.2 Å². The van der Waals surface area contributed by atoms with Crippen molar-refractivity contribution in [1.29, 1.82) is 0 Å². The first-order chi connectivity index (χ1) is 13.3. The number of rotatable bonds is 6. The molecule has 2 aliphatic rings. The Morgan fingerprint density at radius 3 is 2.78 bits per heavy atom. The largest absolute Gasteiger partial charge is 0.493 e. The Hall–Kier alpha value is -2.34. The SMILES string of the molecule is FCCc1c(OC[C@@H]2CNCC[C@H]2c2ccc(F)cc2)ccc2c1OCO2. The molecule has 0 amide bonds. The Bertz CT molecular complexity index is 782. The molecule has 144 valence electrons. The van der Waals surface area contributed by atoms with Crippen LogP contribution in [0.15, 0.2) is 36.4 Å². The van der Waals surface area contributed by atoms with Crippen molar-refractivity contribution in [2.45, 2.75) is 18.8 Å². The third-order valence-corrected chi connectivity index (χ3v) is 5.30. The summed E-state index contributed by atoms with van der Waals surface area (Å²) in [6.07, 6.45) is 1.20. The van der Waals surface area contributed by atoms with E-state index in [1.54, 1.807) is 6.07 Å². The summed E-state index contributed by atoms with van der Waals surface area (Å²) >= 11 is 0. The lowest BCUT2D eigenvalue weighted by atomic mass is 9.81. The number of fused-ring (bicyclic) bond motifs is 1. The molecule has 2 atom stereocenters. The van der Waals surface area contributed by atoms with Gasteiger partial charge in [0.25, 0.3) is 0 Å². The first-order valence-electron chi connectivity index (χ1n) is 9.32. The van der Waals surface area contributed by atoms with Crippen molar-refractivity contribution in [3.05, 3.63) is 53.3 Å². The van der Waals surface area contributed by atoms with Crippen molar-refractivity contribution in [3.63, 3.8) is 0 Å². The minimum atomic E-state index is -0.487. The van der Waals surface area contributed by atoms with Crippen LogP contribution in [-0.2, 0) is 6.42 Å². The molecular weight excluding hydrogens is 352 g/mol. The van der Waals surface area contributed by atoms with Gasteiger partial charge in [-0.05, 0) is 48.7 Å². The van der Waals surface area contributed by atoms with Crippen LogP contribution in [0.1, 0.15) is 23.5 Å². The fourth-order valence-electron chi connectivity index (χ4n) is 3.92. The zero-order valence-corrected chi connectivity index (χ0v) is 15.0. The van der Waals surface area contributed by atoms with Crippen LogP contribution in [0.4, 0.5) is 8.78 Å². The quantitative estimate of drug-likeness (QED) is 0.833. The molecule has 2 aromatic rings. The number of hydrogen-bond donors (Lipinski definition) is 1. The van der Waals surface area contributed by atoms with Gasteiger partial charge in [-0.15, -0.1) is 0 Å². The van der Waals surface area contributed by atoms with Crippen LogP contribution in [0.25, 0.3) is 0 Å². The number of piperidine rings is 1. The molecular formula is C21H23F2NO3. The predicted molar refractivity (Wildman–Crippen MR) is 97.9 cm³/mol. The lowest BCUT2D eigenvalue weighted by Gasteiger charge is -2.32. The summed E-state index contributed by atoms with van der Waals surface area (Å²) in [4.78, 5) is 0. The second kappa shape index (κ2) is 8.13. The van der Waals surface area contributed by atoms with Crippen LogP contribution in [0, 0.1) is 11.7 Å². The third-order valence-electron chi connectivity index (χ3n) is 5.30. The van der Waals surface area contributed by atoms with Crippen molar-refractivity contribution in [2.24, 2.45) is 5.92 Å². The molecule has 1 saturated heterocycles. The Morgan fingerprint density at radius 2 is 1.96 bits per heavy atom. The topological polar surface area (TPSA) is 39.7 Å². The molecule has 0 spiro atoms. The summed E-state index contributed by atoms with van der Waals surface area (Å²) in [5.74, 6) is 2.17. The lowest BCUT2D eigenvalue weighted by molar-refractivity contribution is 0.172. The smallest absolute Gasteiger partial charge is 0.231 e. The van der Waals surface area contributed by atoms with E-state index in [2.05, 4.69) is 5.32 Å². The van der Waals surface area contributed by atoms with Gasteiger partial charge in [0, 0.05) is 24.4 Å². The number of hydrogen-bond acceptors (Lipinski definition) is 4. The van der Waals surface area contributed by atoms with E-state index in [1.165, 1.54) is 12.1 Å². The highest BCUT2D eigenvalue weighted by Gasteiger charge is 2.28. The number of nitrogens with one attached hydrogen (secondary N) is 1. The van der Waals surface area contributed by atoms with E-state index >= 15 is 0 Å². The van der Waals surface area contributed by atoms with Crippen molar-refractivity contribution < 1.29 is 23.0 Å². The van der Waals surface area contributed by atoms with Crippen molar-refractivity contribution in [1.82, 2.24) is 5.32 Å². The molecule has 2 aromatic carbocycles. The van der Waals surface area contributed by atoms with Gasteiger partial charge < -0.3 is 19.5 Å². The fraction of sp³-hybridized carbons (Fsp3) is 0.429. The van der Waals surface area contributed by atoms with Gasteiger partial charge in [-0.3, -0.25) is 4.39 Å². The normalized spacial score (nSPS) is 21.3. The monoisotopic (exact) mass is 375 g/mol. The molecule has 0 aliphatic carbocycles. The molecule has 0 bridgehead atoms. The zero-order chi connectivity index (χ0) is 18.6. The molecule has 1 N–H and O–H groups in total. The van der Waals surface area contributed by atoms with Crippen LogP contribution in [0.2, 0.25) is 0 Å². The molecule has 0 unspecified atom stereocenters. The minimum absolute atomic E-state index is 0.150. The highest BCUT2D eigenvalue weighted by atomic mass is 19.1. The van der Waals surface area contributed by atoms with Crippen LogP contribution < -0.4 is 19.5 Å². The maximum absolute atomic E-state index is 13.3. The number of benzene rings is 2.